The molecule has 0 bridgehead atoms. The zero-order chi connectivity index (χ0) is 20.3. The first-order valence-corrected chi connectivity index (χ1v) is 10.1. The van der Waals surface area contributed by atoms with Gasteiger partial charge in [0.25, 0.3) is 0 Å². The summed E-state index contributed by atoms with van der Waals surface area (Å²) < 4.78 is 0. The predicted molar refractivity (Wildman–Crippen MR) is 119 cm³/mol. The average molecular weight is 386 g/mol. The molecule has 4 nitrogen and oxygen atoms in total. The van der Waals surface area contributed by atoms with Crippen molar-refractivity contribution in [3.63, 3.8) is 0 Å². The molecule has 2 aromatic carbocycles. The Morgan fingerprint density at radius 2 is 1.72 bits per heavy atom. The van der Waals surface area contributed by atoms with Crippen LogP contribution in [0.15, 0.2) is 66.9 Å². The highest BCUT2D eigenvalue weighted by atomic mass is 16.2. The van der Waals surface area contributed by atoms with E-state index in [9.17, 15) is 5.11 Å². The Morgan fingerprint density at radius 3 is 2.31 bits per heavy atom. The molecule has 4 rings (SSSR count). The number of hydrogen-bond acceptors (Lipinski definition) is 4. The van der Waals surface area contributed by atoms with E-state index >= 15 is 0 Å². The van der Waals surface area contributed by atoms with Gasteiger partial charge in [0.1, 0.15) is 0 Å². The molecule has 0 radical (unpaired) electrons. The van der Waals surface area contributed by atoms with Crippen molar-refractivity contribution in [1.29, 1.82) is 0 Å². The lowest BCUT2D eigenvalue weighted by Gasteiger charge is -2.38. The van der Waals surface area contributed by atoms with E-state index in [2.05, 4.69) is 42.5 Å². The third kappa shape index (κ3) is 3.82. The van der Waals surface area contributed by atoms with Gasteiger partial charge in [0.05, 0.1) is 11.4 Å². The number of rotatable bonds is 6. The third-order valence-electron chi connectivity index (χ3n) is 5.83. The van der Waals surface area contributed by atoms with Gasteiger partial charge in [-0.2, -0.15) is 0 Å². The van der Waals surface area contributed by atoms with Crippen LogP contribution in [0.25, 0.3) is 28.5 Å². The molecular weight excluding hydrogens is 358 g/mol. The number of nitrogens with two attached hydrogens (primary N) is 2. The number of pyridine rings is 1. The molecule has 29 heavy (non-hydrogen) atoms. The maximum Gasteiger partial charge on any atom is 0.0787 e. The summed E-state index contributed by atoms with van der Waals surface area (Å²) in [6, 6.07) is 20.8. The maximum atomic E-state index is 9.50. The fourth-order valence-electron chi connectivity index (χ4n) is 3.99. The summed E-state index contributed by atoms with van der Waals surface area (Å²) in [7, 11) is 0. The zero-order valence-electron chi connectivity index (χ0n) is 16.5. The molecule has 5 N–H and O–H groups in total. The lowest BCUT2D eigenvalue weighted by molar-refractivity contribution is 0.253. The molecule has 148 valence electrons. The van der Waals surface area contributed by atoms with E-state index in [0.29, 0.717) is 6.42 Å². The molecule has 1 heterocycles. The summed E-state index contributed by atoms with van der Waals surface area (Å²) in [6.45, 7) is 0.0634. The van der Waals surface area contributed by atoms with Crippen molar-refractivity contribution < 1.29 is 5.11 Å². The minimum absolute atomic E-state index is 0.0634. The zero-order valence-corrected chi connectivity index (χ0v) is 16.5. The lowest BCUT2D eigenvalue weighted by atomic mass is 9.72. The largest absolute Gasteiger partial charge is 0.405 e. The number of nitrogens with zero attached hydrogens (tertiary/aromatic N) is 1. The smallest absolute Gasteiger partial charge is 0.0787 e. The molecule has 0 saturated heterocycles. The van der Waals surface area contributed by atoms with Crippen molar-refractivity contribution in [3.8, 4) is 22.4 Å². The van der Waals surface area contributed by atoms with Gasteiger partial charge >= 0.3 is 0 Å². The Balaban J connectivity index is 1.85. The van der Waals surface area contributed by atoms with E-state index in [1.54, 1.807) is 6.08 Å². The second-order valence-electron chi connectivity index (χ2n) is 7.71. The van der Waals surface area contributed by atoms with Gasteiger partial charge in [-0.25, -0.2) is 4.98 Å². The molecular formula is C25H27N3O. The van der Waals surface area contributed by atoms with Crippen LogP contribution in [0.3, 0.4) is 0 Å². The Labute approximate surface area is 171 Å². The van der Waals surface area contributed by atoms with Crippen LogP contribution in [0.1, 0.15) is 36.1 Å². The van der Waals surface area contributed by atoms with E-state index in [1.807, 2.05) is 18.2 Å². The molecule has 4 heteroatoms. The third-order valence-corrected chi connectivity index (χ3v) is 5.83. The van der Waals surface area contributed by atoms with Gasteiger partial charge in [-0.1, -0.05) is 54.6 Å². The van der Waals surface area contributed by atoms with Crippen molar-refractivity contribution in [3.05, 3.63) is 83.7 Å². The van der Waals surface area contributed by atoms with Crippen LogP contribution in [0.5, 0.6) is 0 Å². The monoisotopic (exact) mass is 385 g/mol. The van der Waals surface area contributed by atoms with Gasteiger partial charge in [-0.15, -0.1) is 0 Å². The van der Waals surface area contributed by atoms with Gasteiger partial charge in [-0.3, -0.25) is 0 Å². The van der Waals surface area contributed by atoms with Gasteiger partial charge in [0.2, 0.25) is 0 Å². The fraction of sp³-hybridized carbons (Fsp3) is 0.240. The van der Waals surface area contributed by atoms with E-state index in [-0.39, 0.29) is 12.1 Å². The second kappa shape index (κ2) is 8.19. The summed E-state index contributed by atoms with van der Waals surface area (Å²) in [5.41, 5.74) is 19.0. The Morgan fingerprint density at radius 1 is 1.00 bits per heavy atom. The minimum atomic E-state index is -0.174. The van der Waals surface area contributed by atoms with Crippen LogP contribution >= 0.6 is 0 Å². The van der Waals surface area contributed by atoms with Crippen LogP contribution in [-0.4, -0.2) is 16.7 Å². The highest BCUT2D eigenvalue weighted by Gasteiger charge is 2.34. The van der Waals surface area contributed by atoms with Gasteiger partial charge in [-0.05, 0) is 60.7 Å². The fourth-order valence-corrected chi connectivity index (χ4v) is 3.99. The maximum absolute atomic E-state index is 9.50. The summed E-state index contributed by atoms with van der Waals surface area (Å²) in [5, 5.41) is 9.50. The highest BCUT2D eigenvalue weighted by molar-refractivity contribution is 5.82. The van der Waals surface area contributed by atoms with Crippen molar-refractivity contribution in [2.24, 2.45) is 11.5 Å². The Bertz CT molecular complexity index is 1010. The molecule has 1 fully saturated rings. The SMILES string of the molecule is N/C=C\c1nc(-c2ccc(C3(N)CCC3)cc2)c(-c2ccccc2)cc1CCO. The highest BCUT2D eigenvalue weighted by Crippen LogP contribution is 2.40. The standard InChI is InChI=1S/C25H27N3O/c26-15-11-23-20(12-16-29)17-22(18-5-2-1-3-6-18)24(28-23)19-7-9-21(10-8-19)25(27)13-4-14-25/h1-3,5-11,15,17,29H,4,12-14,16,26-27H2/b15-11-. The first-order chi connectivity index (χ1) is 14.1. The predicted octanol–water partition coefficient (Wildman–Crippen LogP) is 4.22. The summed E-state index contributed by atoms with van der Waals surface area (Å²) >= 11 is 0. The van der Waals surface area contributed by atoms with Crippen molar-refractivity contribution in [2.45, 2.75) is 31.2 Å². The molecule has 0 spiro atoms. The lowest BCUT2D eigenvalue weighted by Crippen LogP contribution is -2.43. The minimum Gasteiger partial charge on any atom is -0.405 e. The normalized spacial score (nSPS) is 15.4. The van der Waals surface area contributed by atoms with Crippen molar-refractivity contribution >= 4 is 6.08 Å². The molecule has 0 unspecified atom stereocenters. The summed E-state index contributed by atoms with van der Waals surface area (Å²) in [4.78, 5) is 4.94. The number of aliphatic hydroxyl groups is 1. The number of aromatic nitrogens is 1. The van der Waals surface area contributed by atoms with Crippen molar-refractivity contribution in [2.75, 3.05) is 6.61 Å². The Hall–Kier alpha value is -2.95. The molecule has 1 aliphatic rings. The molecule has 0 atom stereocenters. The summed E-state index contributed by atoms with van der Waals surface area (Å²) in [6.07, 6.45) is 7.09. The second-order valence-corrected chi connectivity index (χ2v) is 7.71. The van der Waals surface area contributed by atoms with Crippen LogP contribution in [-0.2, 0) is 12.0 Å². The van der Waals surface area contributed by atoms with Crippen LogP contribution in [0, 0.1) is 0 Å². The number of hydrogen-bond donors (Lipinski definition) is 3. The van der Waals surface area contributed by atoms with E-state index in [1.165, 1.54) is 18.2 Å². The van der Waals surface area contributed by atoms with Crippen LogP contribution in [0.2, 0.25) is 0 Å². The average Bonchev–Trinajstić information content (AvgIpc) is 2.74. The topological polar surface area (TPSA) is 85.2 Å². The first kappa shape index (κ1) is 19.4. The number of aliphatic hydroxyl groups excluding tert-OH is 1. The number of benzene rings is 2. The van der Waals surface area contributed by atoms with E-state index in [0.717, 1.165) is 46.5 Å². The Kier molecular flexibility index (Phi) is 5.47. The molecule has 0 aliphatic heterocycles. The molecule has 3 aromatic rings. The molecule has 1 aliphatic carbocycles. The first-order valence-electron chi connectivity index (χ1n) is 10.1. The van der Waals surface area contributed by atoms with Gasteiger partial charge < -0.3 is 16.6 Å². The summed E-state index contributed by atoms with van der Waals surface area (Å²) in [5.74, 6) is 0. The van der Waals surface area contributed by atoms with E-state index < -0.39 is 0 Å². The van der Waals surface area contributed by atoms with Crippen LogP contribution < -0.4 is 11.5 Å². The van der Waals surface area contributed by atoms with Gasteiger partial charge in [0, 0.05) is 23.3 Å². The van der Waals surface area contributed by atoms with E-state index in [4.69, 9.17) is 16.5 Å². The molecule has 0 amide bonds. The molecule has 1 aromatic heterocycles. The van der Waals surface area contributed by atoms with Gasteiger partial charge in [0.15, 0.2) is 0 Å². The quantitative estimate of drug-likeness (QED) is 0.593. The van der Waals surface area contributed by atoms with Crippen LogP contribution in [0.4, 0.5) is 0 Å². The molecule has 1 saturated carbocycles. The van der Waals surface area contributed by atoms with Crippen molar-refractivity contribution in [1.82, 2.24) is 4.98 Å².